The Morgan fingerprint density at radius 2 is 0.953 bits per heavy atom. The number of amides is 4. The number of hydroxylamine groups is 2. The molecule has 4 rings (SSSR count). The number of likely N-dealkylation sites (tertiary alicyclic amines) is 2. The third-order valence-electron chi connectivity index (χ3n) is 11.5. The van der Waals surface area contributed by atoms with Crippen molar-refractivity contribution < 1.29 is 66.1 Å². The lowest BCUT2D eigenvalue weighted by Gasteiger charge is -2.48. The van der Waals surface area contributed by atoms with Crippen molar-refractivity contribution in [2.75, 3.05) is 37.8 Å². The van der Waals surface area contributed by atoms with E-state index in [4.69, 9.17) is 9.47 Å². The molecule has 0 spiro atoms. The summed E-state index contributed by atoms with van der Waals surface area (Å²) in [5.41, 5.74) is -0.866. The summed E-state index contributed by atoms with van der Waals surface area (Å²) >= 11 is 0. The maximum atomic E-state index is 13.2. The molecule has 2 aromatic carbocycles. The number of hydrogen-bond donors (Lipinski definition) is 6. The molecule has 18 nitrogen and oxygen atoms in total. The van der Waals surface area contributed by atoms with Crippen LogP contribution >= 0.6 is 0 Å². The Kier molecular flexibility index (Phi) is 17.7. The number of rotatable bonds is 12. The molecule has 2 heterocycles. The van der Waals surface area contributed by atoms with Gasteiger partial charge >= 0.3 is 12.2 Å². The van der Waals surface area contributed by atoms with Crippen molar-refractivity contribution in [1.82, 2.24) is 20.8 Å². The van der Waals surface area contributed by atoms with E-state index in [9.17, 15) is 56.6 Å². The predicted octanol–water partition coefficient (Wildman–Crippen LogP) is 5.09. The van der Waals surface area contributed by atoms with E-state index < -0.39 is 88.9 Å². The molecule has 20 heteroatoms. The van der Waals surface area contributed by atoms with Crippen molar-refractivity contribution >= 4 is 43.7 Å². The van der Waals surface area contributed by atoms with Gasteiger partial charge < -0.3 is 29.5 Å². The van der Waals surface area contributed by atoms with E-state index in [1.807, 2.05) is 41.5 Å². The van der Waals surface area contributed by atoms with Crippen LogP contribution in [0.15, 0.2) is 58.3 Å². The van der Waals surface area contributed by atoms with Crippen molar-refractivity contribution in [2.45, 2.75) is 103 Å². The van der Waals surface area contributed by atoms with Crippen LogP contribution < -0.4 is 20.4 Å². The summed E-state index contributed by atoms with van der Waals surface area (Å²) in [5, 5.41) is 37.9. The Bertz CT molecular complexity index is 2170. The number of piperidine rings is 2. The molecule has 2 saturated heterocycles. The van der Waals surface area contributed by atoms with Crippen LogP contribution in [0.1, 0.15) is 81.1 Å². The zero-order chi connectivity index (χ0) is 48.3. The first-order valence-electron chi connectivity index (χ1n) is 20.3. The standard InChI is InChI=1S/2C22H30N2O7S/c2*1-5-6-13-31-16-7-9-17(10-8-16)32(29,30)15-22(19(25)23-28)11-12-24(20(26)27)18(14-22)21(2,3)4/h2*7-10,18,28H,11-15H2,1-4H3,(H,23,25)(H,26,27). The van der Waals surface area contributed by atoms with Gasteiger partial charge in [-0.15, -0.1) is 11.8 Å². The minimum absolute atomic E-state index is 0.00418. The number of carboxylic acid groups (broad SMARTS) is 2. The largest absolute Gasteiger partial charge is 0.481 e. The van der Waals surface area contributed by atoms with Gasteiger partial charge in [-0.25, -0.2) is 37.4 Å². The van der Waals surface area contributed by atoms with Gasteiger partial charge in [-0.1, -0.05) is 53.4 Å². The number of carbonyl (C=O) groups excluding carboxylic acids is 2. The van der Waals surface area contributed by atoms with Gasteiger partial charge in [0.15, 0.2) is 19.7 Å². The van der Waals surface area contributed by atoms with E-state index in [2.05, 4.69) is 23.7 Å². The summed E-state index contributed by atoms with van der Waals surface area (Å²) in [6, 6.07) is 10.4. The number of nitrogens with zero attached hydrogens (tertiary/aromatic N) is 2. The Morgan fingerprint density at radius 1 is 0.641 bits per heavy atom. The van der Waals surface area contributed by atoms with Gasteiger partial charge in [-0.05, 0) is 98.9 Å². The molecule has 2 fully saturated rings. The Balaban J connectivity index is 0.000000340. The third-order valence-corrected chi connectivity index (χ3v) is 15.4. The molecular formula is C44H60N4O14S2. The van der Waals surface area contributed by atoms with Crippen molar-refractivity contribution in [1.29, 1.82) is 0 Å². The summed E-state index contributed by atoms with van der Waals surface area (Å²) in [6.07, 6.45) is -2.40. The fourth-order valence-corrected chi connectivity index (χ4v) is 11.6. The van der Waals surface area contributed by atoms with Crippen LogP contribution in [0.4, 0.5) is 9.59 Å². The molecule has 2 aliphatic rings. The highest BCUT2D eigenvalue weighted by molar-refractivity contribution is 7.91. The first-order valence-corrected chi connectivity index (χ1v) is 23.6. The molecule has 0 aromatic heterocycles. The molecule has 0 bridgehead atoms. The Hall–Kier alpha value is -5.54. The minimum atomic E-state index is -3.94. The normalized spacial score (nSPS) is 21.3. The second kappa shape index (κ2) is 21.4. The minimum Gasteiger partial charge on any atom is -0.481 e. The van der Waals surface area contributed by atoms with Crippen LogP contribution in [-0.4, -0.2) is 121 Å². The number of ether oxygens (including phenoxy) is 2. The fraction of sp³-hybridized carbons (Fsp3) is 0.545. The van der Waals surface area contributed by atoms with Crippen LogP contribution in [-0.2, 0) is 29.3 Å². The van der Waals surface area contributed by atoms with Crippen molar-refractivity contribution in [3.05, 3.63) is 48.5 Å². The highest BCUT2D eigenvalue weighted by atomic mass is 32.2. The molecule has 2 aliphatic heterocycles. The maximum Gasteiger partial charge on any atom is 0.407 e. The molecule has 4 atom stereocenters. The van der Waals surface area contributed by atoms with E-state index in [1.165, 1.54) is 58.3 Å². The van der Waals surface area contributed by atoms with E-state index in [1.54, 1.807) is 24.8 Å². The first-order chi connectivity index (χ1) is 29.7. The Labute approximate surface area is 375 Å². The number of benzene rings is 2. The van der Waals surface area contributed by atoms with Gasteiger partial charge in [-0.2, -0.15) is 0 Å². The molecule has 0 aliphatic carbocycles. The quantitative estimate of drug-likeness (QED) is 0.0921. The smallest absolute Gasteiger partial charge is 0.407 e. The van der Waals surface area contributed by atoms with Crippen molar-refractivity contribution in [3.8, 4) is 35.2 Å². The van der Waals surface area contributed by atoms with Crippen molar-refractivity contribution in [3.63, 3.8) is 0 Å². The van der Waals surface area contributed by atoms with Crippen LogP contribution in [0.3, 0.4) is 0 Å². The van der Waals surface area contributed by atoms with Crippen LogP contribution in [0.5, 0.6) is 11.5 Å². The van der Waals surface area contributed by atoms with Gasteiger partial charge in [0.05, 0.1) is 32.1 Å². The zero-order valence-electron chi connectivity index (χ0n) is 37.4. The predicted molar refractivity (Wildman–Crippen MR) is 234 cm³/mol. The maximum absolute atomic E-state index is 13.2. The van der Waals surface area contributed by atoms with E-state index in [0.717, 1.165) is 0 Å². The SMILES string of the molecule is CC#CCOc1ccc(S(=O)(=O)CC2(C(=O)NO)CCN(C(=O)O)C(C(C)(C)C)C2)cc1.CC#CCOc1ccc(S(=O)(=O)CC2(C(=O)NO)CCN(C(=O)O)C(C(C)(C)C)C2)cc1. The van der Waals surface area contributed by atoms with Crippen LogP contribution in [0, 0.1) is 45.3 Å². The molecule has 0 radical (unpaired) electrons. The lowest BCUT2D eigenvalue weighted by atomic mass is 9.69. The third kappa shape index (κ3) is 13.3. The summed E-state index contributed by atoms with van der Waals surface area (Å²) in [6.45, 7) is 14.7. The lowest BCUT2D eigenvalue weighted by Crippen LogP contribution is -2.59. The number of nitrogens with one attached hydrogen (secondary N) is 2. The average molecular weight is 933 g/mol. The highest BCUT2D eigenvalue weighted by Crippen LogP contribution is 2.45. The summed E-state index contributed by atoms with van der Waals surface area (Å²) in [5.74, 6) is 8.99. The van der Waals surface area contributed by atoms with Crippen LogP contribution in [0.2, 0.25) is 0 Å². The summed E-state index contributed by atoms with van der Waals surface area (Å²) in [7, 11) is -7.89. The molecular weight excluding hydrogens is 873 g/mol. The summed E-state index contributed by atoms with van der Waals surface area (Å²) < 4.78 is 63.7. The second-order valence-electron chi connectivity index (χ2n) is 18.0. The zero-order valence-corrected chi connectivity index (χ0v) is 39.1. The second-order valence-corrected chi connectivity index (χ2v) is 21.9. The van der Waals surface area contributed by atoms with Gasteiger partial charge in [0.1, 0.15) is 24.7 Å². The van der Waals surface area contributed by atoms with Gasteiger partial charge in [0, 0.05) is 25.2 Å². The topological polar surface area (TPSA) is 266 Å². The van der Waals surface area contributed by atoms with E-state index in [-0.39, 0.29) is 61.8 Å². The number of sulfone groups is 2. The number of hydrogen-bond acceptors (Lipinski definition) is 12. The van der Waals surface area contributed by atoms with Gasteiger partial charge in [0.2, 0.25) is 0 Å². The molecule has 0 saturated carbocycles. The van der Waals surface area contributed by atoms with Crippen LogP contribution in [0.25, 0.3) is 0 Å². The lowest BCUT2D eigenvalue weighted by molar-refractivity contribution is -0.144. The first kappa shape index (κ1) is 52.8. The molecule has 64 heavy (non-hydrogen) atoms. The van der Waals surface area contributed by atoms with E-state index >= 15 is 0 Å². The highest BCUT2D eigenvalue weighted by Gasteiger charge is 2.53. The van der Waals surface area contributed by atoms with Gasteiger partial charge in [-0.3, -0.25) is 20.0 Å². The fourth-order valence-electron chi connectivity index (χ4n) is 7.96. The number of carbonyl (C=O) groups is 4. The molecule has 4 amide bonds. The van der Waals surface area contributed by atoms with Crippen molar-refractivity contribution in [2.24, 2.45) is 21.7 Å². The molecule has 352 valence electrons. The molecule has 4 unspecified atom stereocenters. The Morgan fingerprint density at radius 3 is 1.20 bits per heavy atom. The molecule has 2 aromatic rings. The average Bonchev–Trinajstić information content (AvgIpc) is 3.22. The van der Waals surface area contributed by atoms with Gasteiger partial charge in [0.25, 0.3) is 11.8 Å². The monoisotopic (exact) mass is 932 g/mol. The summed E-state index contributed by atoms with van der Waals surface area (Å²) in [4.78, 5) is 51.4. The van der Waals surface area contributed by atoms with E-state index in [0.29, 0.717) is 11.5 Å². The molecule has 6 N–H and O–H groups in total.